The summed E-state index contributed by atoms with van der Waals surface area (Å²) in [7, 11) is 0. The quantitative estimate of drug-likeness (QED) is 0.641. The second kappa shape index (κ2) is 6.28. The molecule has 0 aliphatic heterocycles. The maximum absolute atomic E-state index is 11.1. The summed E-state index contributed by atoms with van der Waals surface area (Å²) in [5.74, 6) is 0. The van der Waals surface area contributed by atoms with E-state index in [9.17, 15) is 25.0 Å². The molecule has 9 nitrogen and oxygen atoms in total. The Bertz CT molecular complexity index is 484. The number of ether oxygens (including phenoxy) is 1. The Labute approximate surface area is 107 Å². The predicted molar refractivity (Wildman–Crippen MR) is 63.6 cm³/mol. The van der Waals surface area contributed by atoms with Gasteiger partial charge in [-0.2, -0.15) is 0 Å². The number of nitro benzene ring substituents is 2. The van der Waals surface area contributed by atoms with Crippen LogP contribution in [0.1, 0.15) is 12.5 Å². The van der Waals surface area contributed by atoms with E-state index < -0.39 is 27.3 Å². The molecule has 0 bridgehead atoms. The first-order valence-electron chi connectivity index (χ1n) is 5.27. The summed E-state index contributed by atoms with van der Waals surface area (Å²) in [6.45, 7) is 1.71. The topological polar surface area (TPSA) is 125 Å². The molecular formula is C10H11N3O6. The number of amides is 1. The number of carbonyl (C=O) groups is 1. The van der Waals surface area contributed by atoms with Gasteiger partial charge in [-0.3, -0.25) is 20.2 Å². The van der Waals surface area contributed by atoms with Crippen LogP contribution in [0, 0.1) is 20.2 Å². The molecule has 0 aliphatic carbocycles. The molecule has 1 rings (SSSR count). The van der Waals surface area contributed by atoms with E-state index in [0.717, 1.165) is 18.2 Å². The van der Waals surface area contributed by atoms with Crippen molar-refractivity contribution in [2.24, 2.45) is 0 Å². The molecule has 1 aromatic carbocycles. The van der Waals surface area contributed by atoms with E-state index in [2.05, 4.69) is 10.1 Å². The average molecular weight is 269 g/mol. The largest absolute Gasteiger partial charge is 0.450 e. The van der Waals surface area contributed by atoms with E-state index in [0.29, 0.717) is 0 Å². The minimum Gasteiger partial charge on any atom is -0.450 e. The van der Waals surface area contributed by atoms with Crippen LogP contribution in [0.15, 0.2) is 18.2 Å². The van der Waals surface area contributed by atoms with E-state index in [1.807, 2.05) is 0 Å². The van der Waals surface area contributed by atoms with Crippen molar-refractivity contribution < 1.29 is 19.4 Å². The van der Waals surface area contributed by atoms with Crippen molar-refractivity contribution in [2.45, 2.75) is 13.5 Å². The number of rotatable bonds is 5. The lowest BCUT2D eigenvalue weighted by Crippen LogP contribution is -2.23. The highest BCUT2D eigenvalue weighted by Crippen LogP contribution is 2.22. The SMILES string of the molecule is CCOC(=O)NCc1cc([N+](=O)[O-])cc([N+](=O)[O-])c1. The van der Waals surface area contributed by atoms with Gasteiger partial charge in [0.05, 0.1) is 22.5 Å². The molecule has 9 heteroatoms. The van der Waals surface area contributed by atoms with Crippen LogP contribution in [0.25, 0.3) is 0 Å². The second-order valence-electron chi connectivity index (χ2n) is 3.45. The number of nitrogens with zero attached hydrogens (tertiary/aromatic N) is 2. The van der Waals surface area contributed by atoms with Crippen molar-refractivity contribution >= 4 is 17.5 Å². The predicted octanol–water partition coefficient (Wildman–Crippen LogP) is 1.75. The lowest BCUT2D eigenvalue weighted by atomic mass is 10.2. The molecule has 0 fully saturated rings. The Morgan fingerprint density at radius 1 is 1.21 bits per heavy atom. The summed E-state index contributed by atoms with van der Waals surface area (Å²) in [4.78, 5) is 30.9. The van der Waals surface area contributed by atoms with Gasteiger partial charge in [0.1, 0.15) is 0 Å². The first kappa shape index (κ1) is 14.4. The minimum atomic E-state index is -0.735. The summed E-state index contributed by atoms with van der Waals surface area (Å²) in [6.07, 6.45) is -0.698. The first-order valence-corrected chi connectivity index (χ1v) is 5.27. The summed E-state index contributed by atoms with van der Waals surface area (Å²) < 4.78 is 4.60. The van der Waals surface area contributed by atoms with Crippen LogP contribution >= 0.6 is 0 Å². The van der Waals surface area contributed by atoms with Gasteiger partial charge in [0, 0.05) is 18.7 Å². The van der Waals surface area contributed by atoms with Crippen LogP contribution in [-0.4, -0.2) is 22.5 Å². The molecule has 1 aromatic rings. The highest BCUT2D eigenvalue weighted by atomic mass is 16.6. The number of nitro groups is 2. The third-order valence-corrected chi connectivity index (χ3v) is 2.10. The maximum atomic E-state index is 11.1. The zero-order valence-corrected chi connectivity index (χ0v) is 9.99. The average Bonchev–Trinajstić information content (AvgIpc) is 2.36. The van der Waals surface area contributed by atoms with E-state index in [1.165, 1.54) is 0 Å². The van der Waals surface area contributed by atoms with Crippen LogP contribution in [0.2, 0.25) is 0 Å². The molecule has 0 radical (unpaired) electrons. The van der Waals surface area contributed by atoms with Gasteiger partial charge < -0.3 is 10.1 Å². The lowest BCUT2D eigenvalue weighted by Gasteiger charge is -2.05. The molecule has 0 saturated carbocycles. The van der Waals surface area contributed by atoms with Gasteiger partial charge in [0.15, 0.2) is 0 Å². The summed E-state index contributed by atoms with van der Waals surface area (Å²) >= 11 is 0. The first-order chi connectivity index (χ1) is 8.93. The van der Waals surface area contributed by atoms with Gasteiger partial charge in [-0.25, -0.2) is 4.79 Å². The van der Waals surface area contributed by atoms with Crippen molar-refractivity contribution in [3.63, 3.8) is 0 Å². The normalized spacial score (nSPS) is 9.74. The third-order valence-electron chi connectivity index (χ3n) is 2.10. The number of hydrogen-bond donors (Lipinski definition) is 1. The van der Waals surface area contributed by atoms with Gasteiger partial charge >= 0.3 is 6.09 Å². The van der Waals surface area contributed by atoms with Gasteiger partial charge in [0.2, 0.25) is 0 Å². The Balaban J connectivity index is 2.90. The Hall–Kier alpha value is -2.71. The summed E-state index contributed by atoms with van der Waals surface area (Å²) in [5.41, 5.74) is -0.571. The fourth-order valence-corrected chi connectivity index (χ4v) is 1.33. The molecule has 19 heavy (non-hydrogen) atoms. The minimum absolute atomic E-state index is 0.0959. The molecule has 0 aromatic heterocycles. The van der Waals surface area contributed by atoms with Gasteiger partial charge in [-0.1, -0.05) is 0 Å². The zero-order valence-electron chi connectivity index (χ0n) is 9.99. The van der Waals surface area contributed by atoms with E-state index in [4.69, 9.17) is 0 Å². The molecule has 0 atom stereocenters. The fraction of sp³-hybridized carbons (Fsp3) is 0.300. The Morgan fingerprint density at radius 3 is 2.16 bits per heavy atom. The number of alkyl carbamates (subject to hydrolysis) is 1. The van der Waals surface area contributed by atoms with Gasteiger partial charge in [-0.05, 0) is 12.5 Å². The molecule has 0 heterocycles. The van der Waals surface area contributed by atoms with Crippen molar-refractivity contribution in [1.29, 1.82) is 0 Å². The number of non-ortho nitro benzene ring substituents is 2. The number of carbonyl (C=O) groups excluding carboxylic acids is 1. The highest BCUT2D eigenvalue weighted by molar-refractivity contribution is 5.67. The van der Waals surface area contributed by atoms with Crippen LogP contribution < -0.4 is 5.32 Å². The number of hydrogen-bond acceptors (Lipinski definition) is 6. The summed E-state index contributed by atoms with van der Waals surface area (Å²) in [5, 5.41) is 23.6. The maximum Gasteiger partial charge on any atom is 0.407 e. The fourth-order valence-electron chi connectivity index (χ4n) is 1.33. The smallest absolute Gasteiger partial charge is 0.407 e. The van der Waals surface area contributed by atoms with Crippen molar-refractivity contribution in [3.8, 4) is 0 Å². The van der Waals surface area contributed by atoms with Gasteiger partial charge in [0.25, 0.3) is 11.4 Å². The van der Waals surface area contributed by atoms with Crippen LogP contribution in [0.4, 0.5) is 16.2 Å². The molecule has 0 unspecified atom stereocenters. The molecule has 0 aliphatic rings. The molecule has 102 valence electrons. The van der Waals surface area contributed by atoms with Crippen LogP contribution in [0.3, 0.4) is 0 Å². The van der Waals surface area contributed by atoms with E-state index in [1.54, 1.807) is 6.92 Å². The summed E-state index contributed by atoms with van der Waals surface area (Å²) in [6, 6.07) is 3.16. The van der Waals surface area contributed by atoms with Crippen molar-refractivity contribution in [1.82, 2.24) is 5.32 Å². The van der Waals surface area contributed by atoms with E-state index in [-0.39, 0.29) is 18.7 Å². The van der Waals surface area contributed by atoms with E-state index >= 15 is 0 Å². The number of nitrogens with one attached hydrogen (secondary N) is 1. The standard InChI is InChI=1S/C10H11N3O6/c1-2-19-10(14)11-6-7-3-8(12(15)16)5-9(4-7)13(17)18/h3-5H,2,6H2,1H3,(H,11,14). The number of benzene rings is 1. The Morgan fingerprint density at radius 2 is 1.74 bits per heavy atom. The molecule has 0 spiro atoms. The van der Waals surface area contributed by atoms with Crippen molar-refractivity contribution in [3.05, 3.63) is 44.0 Å². The molecule has 1 N–H and O–H groups in total. The highest BCUT2D eigenvalue weighted by Gasteiger charge is 2.16. The molecule has 0 saturated heterocycles. The van der Waals surface area contributed by atoms with Gasteiger partial charge in [-0.15, -0.1) is 0 Å². The Kier molecular flexibility index (Phi) is 4.75. The zero-order chi connectivity index (χ0) is 14.4. The van der Waals surface area contributed by atoms with Crippen molar-refractivity contribution in [2.75, 3.05) is 6.61 Å². The monoisotopic (exact) mass is 269 g/mol. The second-order valence-corrected chi connectivity index (χ2v) is 3.45. The molecule has 1 amide bonds. The molecular weight excluding hydrogens is 258 g/mol. The third kappa shape index (κ3) is 4.22. The van der Waals surface area contributed by atoms with Crippen LogP contribution in [0.5, 0.6) is 0 Å². The van der Waals surface area contributed by atoms with Crippen LogP contribution in [-0.2, 0) is 11.3 Å². The lowest BCUT2D eigenvalue weighted by molar-refractivity contribution is -0.394.